The van der Waals surface area contributed by atoms with Crippen LogP contribution < -0.4 is 5.73 Å². The highest BCUT2D eigenvalue weighted by Gasteiger charge is 2.12. The Morgan fingerprint density at radius 3 is 2.68 bits per heavy atom. The standard InChI is InChI=1S/C12H13ClN6/c1-7-11(8(2)19(18-7)12(14)15)17-16-10-5-3-4-9(13)6-10/h3-6H,1-2H3,(H3,14,15). The van der Waals surface area contributed by atoms with Crippen molar-refractivity contribution in [3.63, 3.8) is 0 Å². The van der Waals surface area contributed by atoms with Gasteiger partial charge in [-0.25, -0.2) is 4.68 Å². The van der Waals surface area contributed by atoms with Crippen molar-refractivity contribution in [2.24, 2.45) is 16.0 Å². The van der Waals surface area contributed by atoms with Gasteiger partial charge in [0.05, 0.1) is 17.1 Å². The molecule has 0 amide bonds. The quantitative estimate of drug-likeness (QED) is 0.500. The van der Waals surface area contributed by atoms with E-state index < -0.39 is 0 Å². The molecule has 0 atom stereocenters. The molecule has 19 heavy (non-hydrogen) atoms. The number of aromatic nitrogens is 2. The topological polar surface area (TPSA) is 92.4 Å². The van der Waals surface area contributed by atoms with Crippen LogP contribution in [0.4, 0.5) is 11.4 Å². The minimum absolute atomic E-state index is 0.148. The predicted molar refractivity (Wildman–Crippen MR) is 74.6 cm³/mol. The number of nitrogen functional groups attached to an aromatic ring is 1. The van der Waals surface area contributed by atoms with Crippen molar-refractivity contribution in [1.82, 2.24) is 9.78 Å². The summed E-state index contributed by atoms with van der Waals surface area (Å²) in [5.41, 5.74) is 8.02. The van der Waals surface area contributed by atoms with Crippen LogP contribution in [0.3, 0.4) is 0 Å². The summed E-state index contributed by atoms with van der Waals surface area (Å²) in [6.45, 7) is 3.58. The first-order chi connectivity index (χ1) is 8.99. The lowest BCUT2D eigenvalue weighted by molar-refractivity contribution is 0.863. The third-order valence-electron chi connectivity index (χ3n) is 2.55. The van der Waals surface area contributed by atoms with Crippen LogP contribution in [0, 0.1) is 19.3 Å². The van der Waals surface area contributed by atoms with E-state index in [0.29, 0.717) is 27.8 Å². The maximum Gasteiger partial charge on any atom is 0.213 e. The number of rotatable bonds is 2. The molecule has 2 rings (SSSR count). The monoisotopic (exact) mass is 276 g/mol. The van der Waals surface area contributed by atoms with Crippen LogP contribution in [0.15, 0.2) is 34.5 Å². The summed E-state index contributed by atoms with van der Waals surface area (Å²) >= 11 is 5.87. The number of azo groups is 1. The largest absolute Gasteiger partial charge is 0.368 e. The third-order valence-corrected chi connectivity index (χ3v) is 2.79. The number of benzene rings is 1. The molecule has 0 aliphatic rings. The first-order valence-corrected chi connectivity index (χ1v) is 5.95. The molecule has 98 valence electrons. The highest BCUT2D eigenvalue weighted by atomic mass is 35.5. The number of nitrogens with one attached hydrogen (secondary N) is 1. The van der Waals surface area contributed by atoms with Gasteiger partial charge >= 0.3 is 0 Å². The number of nitrogens with two attached hydrogens (primary N) is 1. The first-order valence-electron chi connectivity index (χ1n) is 5.57. The highest BCUT2D eigenvalue weighted by Crippen LogP contribution is 2.26. The Kier molecular flexibility index (Phi) is 3.62. The molecule has 2 aromatic rings. The average Bonchev–Trinajstić information content (AvgIpc) is 2.63. The molecule has 0 aliphatic carbocycles. The number of hydrogen-bond donors (Lipinski definition) is 2. The maximum absolute atomic E-state index is 7.40. The SMILES string of the molecule is Cc1nn(C(=N)N)c(C)c1N=Nc1cccc(Cl)c1. The summed E-state index contributed by atoms with van der Waals surface area (Å²) in [5.74, 6) is -0.148. The summed E-state index contributed by atoms with van der Waals surface area (Å²) in [7, 11) is 0. The molecule has 0 spiro atoms. The lowest BCUT2D eigenvalue weighted by Gasteiger charge is -1.98. The van der Waals surface area contributed by atoms with E-state index >= 15 is 0 Å². The van der Waals surface area contributed by atoms with Gasteiger partial charge in [-0.05, 0) is 32.0 Å². The fraction of sp³-hybridized carbons (Fsp3) is 0.167. The van der Waals surface area contributed by atoms with Crippen LogP contribution in [0.2, 0.25) is 5.02 Å². The lowest BCUT2D eigenvalue weighted by atomic mass is 10.3. The average molecular weight is 277 g/mol. The number of hydrogen-bond acceptors (Lipinski definition) is 4. The van der Waals surface area contributed by atoms with Gasteiger partial charge in [0.25, 0.3) is 0 Å². The molecule has 0 fully saturated rings. The fourth-order valence-corrected chi connectivity index (χ4v) is 1.84. The molecular weight excluding hydrogens is 264 g/mol. The molecule has 3 N–H and O–H groups in total. The van der Waals surface area contributed by atoms with Crippen molar-refractivity contribution < 1.29 is 0 Å². The van der Waals surface area contributed by atoms with Gasteiger partial charge in [0.2, 0.25) is 5.96 Å². The van der Waals surface area contributed by atoms with E-state index in [2.05, 4.69) is 15.3 Å². The van der Waals surface area contributed by atoms with E-state index in [1.807, 2.05) is 0 Å². The molecule has 1 aromatic heterocycles. The minimum Gasteiger partial charge on any atom is -0.368 e. The first kappa shape index (κ1) is 13.2. The summed E-state index contributed by atoms with van der Waals surface area (Å²) < 4.78 is 1.32. The molecule has 0 saturated heterocycles. The molecule has 7 heteroatoms. The van der Waals surface area contributed by atoms with Gasteiger partial charge in [0.15, 0.2) is 0 Å². The smallest absolute Gasteiger partial charge is 0.213 e. The zero-order chi connectivity index (χ0) is 14.0. The lowest BCUT2D eigenvalue weighted by Crippen LogP contribution is -2.22. The Bertz CT molecular complexity index is 658. The van der Waals surface area contributed by atoms with Gasteiger partial charge in [0, 0.05) is 5.02 Å². The summed E-state index contributed by atoms with van der Waals surface area (Å²) in [4.78, 5) is 0. The van der Waals surface area contributed by atoms with Crippen molar-refractivity contribution in [2.75, 3.05) is 0 Å². The second-order valence-corrected chi connectivity index (χ2v) is 4.43. The molecule has 0 radical (unpaired) electrons. The van der Waals surface area contributed by atoms with Crippen LogP contribution in [-0.2, 0) is 0 Å². The van der Waals surface area contributed by atoms with Crippen LogP contribution in [0.5, 0.6) is 0 Å². The summed E-state index contributed by atoms with van der Waals surface area (Å²) in [5, 5.41) is 20.4. The Morgan fingerprint density at radius 2 is 2.11 bits per heavy atom. The molecule has 0 saturated carbocycles. The Balaban J connectivity index is 2.36. The zero-order valence-corrected chi connectivity index (χ0v) is 11.3. The predicted octanol–water partition coefficient (Wildman–Crippen LogP) is 3.31. The fourth-order valence-electron chi connectivity index (χ4n) is 1.66. The van der Waals surface area contributed by atoms with Gasteiger partial charge in [-0.15, -0.1) is 5.11 Å². The number of nitrogens with zero attached hydrogens (tertiary/aromatic N) is 4. The minimum atomic E-state index is -0.148. The van der Waals surface area contributed by atoms with Crippen LogP contribution in [0.25, 0.3) is 0 Å². The van der Waals surface area contributed by atoms with Gasteiger partial charge < -0.3 is 5.73 Å². The molecule has 0 unspecified atom stereocenters. The Labute approximate surface area is 115 Å². The van der Waals surface area contributed by atoms with Crippen molar-refractivity contribution in [3.05, 3.63) is 40.7 Å². The maximum atomic E-state index is 7.40. The summed E-state index contributed by atoms with van der Waals surface area (Å²) in [6.07, 6.45) is 0. The van der Waals surface area contributed by atoms with Gasteiger partial charge in [0.1, 0.15) is 5.69 Å². The normalized spacial score (nSPS) is 11.1. The van der Waals surface area contributed by atoms with Crippen LogP contribution in [-0.4, -0.2) is 15.7 Å². The Morgan fingerprint density at radius 1 is 1.37 bits per heavy atom. The van der Waals surface area contributed by atoms with Crippen molar-refractivity contribution >= 4 is 28.9 Å². The van der Waals surface area contributed by atoms with Crippen LogP contribution >= 0.6 is 11.6 Å². The molecule has 1 aromatic carbocycles. The van der Waals surface area contributed by atoms with E-state index in [1.165, 1.54) is 4.68 Å². The van der Waals surface area contributed by atoms with E-state index in [-0.39, 0.29) is 5.96 Å². The van der Waals surface area contributed by atoms with Gasteiger partial charge in [-0.1, -0.05) is 17.7 Å². The zero-order valence-electron chi connectivity index (χ0n) is 10.6. The molecule has 0 bridgehead atoms. The van der Waals surface area contributed by atoms with Crippen molar-refractivity contribution in [2.45, 2.75) is 13.8 Å². The van der Waals surface area contributed by atoms with Crippen LogP contribution in [0.1, 0.15) is 11.4 Å². The third kappa shape index (κ3) is 2.79. The second-order valence-electron chi connectivity index (χ2n) is 4.00. The molecule has 1 heterocycles. The number of aryl methyl sites for hydroxylation is 1. The Hall–Kier alpha value is -2.21. The molecule has 0 aliphatic heterocycles. The van der Waals surface area contributed by atoms with Crippen molar-refractivity contribution in [3.8, 4) is 0 Å². The van der Waals surface area contributed by atoms with Gasteiger partial charge in [-0.2, -0.15) is 10.2 Å². The van der Waals surface area contributed by atoms with E-state index in [0.717, 1.165) is 0 Å². The molecule has 6 nitrogen and oxygen atoms in total. The van der Waals surface area contributed by atoms with E-state index in [4.69, 9.17) is 22.7 Å². The van der Waals surface area contributed by atoms with E-state index in [1.54, 1.807) is 38.1 Å². The number of halogens is 1. The summed E-state index contributed by atoms with van der Waals surface area (Å²) in [6, 6.07) is 7.08. The van der Waals surface area contributed by atoms with E-state index in [9.17, 15) is 0 Å². The molecular formula is C12H13ClN6. The highest BCUT2D eigenvalue weighted by molar-refractivity contribution is 6.30. The van der Waals surface area contributed by atoms with Gasteiger partial charge in [-0.3, -0.25) is 5.41 Å². The second kappa shape index (κ2) is 5.19. The van der Waals surface area contributed by atoms with Crippen molar-refractivity contribution in [1.29, 1.82) is 5.41 Å².